The van der Waals surface area contributed by atoms with Crippen molar-refractivity contribution >= 4 is 23.2 Å². The maximum Gasteiger partial charge on any atom is 0.123 e. The first kappa shape index (κ1) is 15.3. The Morgan fingerprint density at radius 1 is 1.00 bits per heavy atom. The van der Waals surface area contributed by atoms with Gasteiger partial charge in [0.2, 0.25) is 0 Å². The highest BCUT2D eigenvalue weighted by molar-refractivity contribution is 6.42. The van der Waals surface area contributed by atoms with E-state index in [4.69, 9.17) is 28.9 Å². The number of aliphatic hydroxyl groups is 1. The Kier molecular flexibility index (Phi) is 5.00. The molecule has 2 unspecified atom stereocenters. The Bertz CT molecular complexity index is 589. The number of hydrogen-bond acceptors (Lipinski definition) is 2. The molecule has 0 heterocycles. The Hall–Kier alpha value is -1.13. The quantitative estimate of drug-likeness (QED) is 0.899. The molecule has 2 rings (SSSR count). The van der Waals surface area contributed by atoms with Crippen LogP contribution in [0.2, 0.25) is 10.0 Å². The zero-order valence-electron chi connectivity index (χ0n) is 10.6. The van der Waals surface area contributed by atoms with Gasteiger partial charge < -0.3 is 10.8 Å². The summed E-state index contributed by atoms with van der Waals surface area (Å²) >= 11 is 11.8. The maximum atomic E-state index is 12.9. The highest BCUT2D eigenvalue weighted by atomic mass is 35.5. The van der Waals surface area contributed by atoms with E-state index >= 15 is 0 Å². The molecule has 0 saturated carbocycles. The summed E-state index contributed by atoms with van der Waals surface area (Å²) in [4.78, 5) is 0. The van der Waals surface area contributed by atoms with E-state index in [0.717, 1.165) is 5.56 Å². The fourth-order valence-electron chi connectivity index (χ4n) is 2.09. The largest absolute Gasteiger partial charge is 0.388 e. The van der Waals surface area contributed by atoms with Crippen molar-refractivity contribution in [1.82, 2.24) is 0 Å². The van der Waals surface area contributed by atoms with Crippen molar-refractivity contribution in [1.29, 1.82) is 0 Å². The van der Waals surface area contributed by atoms with Crippen LogP contribution in [0.1, 0.15) is 23.1 Å². The smallest absolute Gasteiger partial charge is 0.123 e. The predicted molar refractivity (Wildman–Crippen MR) is 79.6 cm³/mol. The molecular formula is C15H14Cl2FNO. The van der Waals surface area contributed by atoms with Crippen molar-refractivity contribution in [3.05, 3.63) is 69.5 Å². The minimum absolute atomic E-state index is 0.229. The van der Waals surface area contributed by atoms with E-state index in [0.29, 0.717) is 15.6 Å². The molecule has 0 aromatic heterocycles. The molecule has 0 aliphatic carbocycles. The summed E-state index contributed by atoms with van der Waals surface area (Å²) in [7, 11) is 0. The van der Waals surface area contributed by atoms with E-state index in [1.54, 1.807) is 30.3 Å². The zero-order chi connectivity index (χ0) is 14.7. The first-order valence-electron chi connectivity index (χ1n) is 6.11. The summed E-state index contributed by atoms with van der Waals surface area (Å²) in [6, 6.07) is 10.9. The van der Waals surface area contributed by atoms with E-state index in [-0.39, 0.29) is 18.3 Å². The van der Waals surface area contributed by atoms with Gasteiger partial charge in [0, 0.05) is 12.5 Å². The number of hydrogen-bond donors (Lipinski definition) is 2. The minimum atomic E-state index is -0.833. The van der Waals surface area contributed by atoms with Gasteiger partial charge in [-0.1, -0.05) is 41.4 Å². The number of halogens is 3. The van der Waals surface area contributed by atoms with Crippen LogP contribution in [-0.4, -0.2) is 11.7 Å². The lowest BCUT2D eigenvalue weighted by Crippen LogP contribution is -2.20. The van der Waals surface area contributed by atoms with Crippen LogP contribution in [0.3, 0.4) is 0 Å². The molecule has 0 spiro atoms. The second-order valence-electron chi connectivity index (χ2n) is 4.51. The third-order valence-electron chi connectivity index (χ3n) is 3.22. The summed E-state index contributed by atoms with van der Waals surface area (Å²) in [6.45, 7) is 0.229. The Morgan fingerprint density at radius 3 is 2.15 bits per heavy atom. The van der Waals surface area contributed by atoms with Gasteiger partial charge in [-0.25, -0.2) is 4.39 Å². The van der Waals surface area contributed by atoms with Crippen LogP contribution < -0.4 is 5.73 Å². The molecule has 0 aliphatic heterocycles. The number of benzene rings is 2. The van der Waals surface area contributed by atoms with Crippen LogP contribution in [0, 0.1) is 5.82 Å². The van der Waals surface area contributed by atoms with E-state index in [9.17, 15) is 9.50 Å². The molecule has 0 saturated heterocycles. The third kappa shape index (κ3) is 3.30. The Labute approximate surface area is 126 Å². The standard InChI is InChI=1S/C15H14Cl2FNO/c16-13-6-3-10(7-14(13)17)15(20)12(8-19)9-1-4-11(18)5-2-9/h1-7,12,15,20H,8,19H2. The van der Waals surface area contributed by atoms with Gasteiger partial charge in [-0.15, -0.1) is 0 Å². The van der Waals surface area contributed by atoms with E-state index in [2.05, 4.69) is 0 Å². The molecule has 2 atom stereocenters. The second kappa shape index (κ2) is 6.55. The van der Waals surface area contributed by atoms with Gasteiger partial charge in [0.15, 0.2) is 0 Å². The molecule has 2 nitrogen and oxygen atoms in total. The van der Waals surface area contributed by atoms with Crippen molar-refractivity contribution in [3.8, 4) is 0 Å². The molecule has 0 fully saturated rings. The number of nitrogens with two attached hydrogens (primary N) is 1. The lowest BCUT2D eigenvalue weighted by Gasteiger charge is -2.22. The normalized spacial score (nSPS) is 14.1. The monoisotopic (exact) mass is 313 g/mol. The highest BCUT2D eigenvalue weighted by Crippen LogP contribution is 2.33. The molecule has 0 amide bonds. The number of aliphatic hydroxyl groups excluding tert-OH is 1. The van der Waals surface area contributed by atoms with Crippen molar-refractivity contribution < 1.29 is 9.50 Å². The van der Waals surface area contributed by atoms with Crippen molar-refractivity contribution in [2.24, 2.45) is 5.73 Å². The Balaban J connectivity index is 2.30. The van der Waals surface area contributed by atoms with E-state index < -0.39 is 6.10 Å². The van der Waals surface area contributed by atoms with Gasteiger partial charge in [-0.2, -0.15) is 0 Å². The van der Waals surface area contributed by atoms with Gasteiger partial charge in [-0.05, 0) is 35.4 Å². The summed E-state index contributed by atoms with van der Waals surface area (Å²) in [5, 5.41) is 11.2. The van der Waals surface area contributed by atoms with Crippen LogP contribution in [0.4, 0.5) is 4.39 Å². The fraction of sp³-hybridized carbons (Fsp3) is 0.200. The van der Waals surface area contributed by atoms with E-state index in [1.165, 1.54) is 12.1 Å². The topological polar surface area (TPSA) is 46.2 Å². The SMILES string of the molecule is NCC(c1ccc(F)cc1)C(O)c1ccc(Cl)c(Cl)c1. The summed E-state index contributed by atoms with van der Waals surface area (Å²) in [5.41, 5.74) is 7.13. The van der Waals surface area contributed by atoms with Crippen LogP contribution >= 0.6 is 23.2 Å². The van der Waals surface area contributed by atoms with Gasteiger partial charge in [-0.3, -0.25) is 0 Å². The summed E-state index contributed by atoms with van der Waals surface area (Å²) < 4.78 is 12.9. The molecule has 2 aromatic rings. The number of rotatable bonds is 4. The first-order chi connectivity index (χ1) is 9.52. The first-order valence-corrected chi connectivity index (χ1v) is 6.87. The van der Waals surface area contributed by atoms with Crippen LogP contribution in [0.15, 0.2) is 42.5 Å². The Morgan fingerprint density at radius 2 is 1.60 bits per heavy atom. The van der Waals surface area contributed by atoms with Gasteiger partial charge in [0.1, 0.15) is 5.82 Å². The summed E-state index contributed by atoms with van der Waals surface area (Å²) in [5.74, 6) is -0.665. The van der Waals surface area contributed by atoms with Crippen molar-refractivity contribution in [3.63, 3.8) is 0 Å². The average molecular weight is 314 g/mol. The lowest BCUT2D eigenvalue weighted by molar-refractivity contribution is 0.147. The molecule has 0 radical (unpaired) electrons. The van der Waals surface area contributed by atoms with Crippen LogP contribution in [-0.2, 0) is 0 Å². The van der Waals surface area contributed by atoms with Crippen LogP contribution in [0.25, 0.3) is 0 Å². The molecule has 20 heavy (non-hydrogen) atoms. The van der Waals surface area contributed by atoms with Gasteiger partial charge in [0.25, 0.3) is 0 Å². The second-order valence-corrected chi connectivity index (χ2v) is 5.33. The minimum Gasteiger partial charge on any atom is -0.388 e. The fourth-order valence-corrected chi connectivity index (χ4v) is 2.39. The van der Waals surface area contributed by atoms with Crippen molar-refractivity contribution in [2.45, 2.75) is 12.0 Å². The predicted octanol–water partition coefficient (Wildman–Crippen LogP) is 3.91. The van der Waals surface area contributed by atoms with Gasteiger partial charge >= 0.3 is 0 Å². The molecule has 2 aromatic carbocycles. The lowest BCUT2D eigenvalue weighted by atomic mass is 9.89. The molecule has 5 heteroatoms. The average Bonchev–Trinajstić information content (AvgIpc) is 2.44. The molecular weight excluding hydrogens is 300 g/mol. The molecule has 106 valence electrons. The molecule has 3 N–H and O–H groups in total. The van der Waals surface area contributed by atoms with E-state index in [1.807, 2.05) is 0 Å². The van der Waals surface area contributed by atoms with Crippen LogP contribution in [0.5, 0.6) is 0 Å². The third-order valence-corrected chi connectivity index (χ3v) is 3.96. The van der Waals surface area contributed by atoms with Crippen molar-refractivity contribution in [2.75, 3.05) is 6.54 Å². The molecule has 0 bridgehead atoms. The zero-order valence-corrected chi connectivity index (χ0v) is 12.1. The maximum absolute atomic E-state index is 12.9. The van der Waals surface area contributed by atoms with Gasteiger partial charge in [0.05, 0.1) is 16.1 Å². The molecule has 0 aliphatic rings. The highest BCUT2D eigenvalue weighted by Gasteiger charge is 2.22. The summed E-state index contributed by atoms with van der Waals surface area (Å²) in [6.07, 6.45) is -0.833.